The number of hydrogen-bond acceptors (Lipinski definition) is 3. The molecule has 0 radical (unpaired) electrons. The van der Waals surface area contributed by atoms with E-state index in [0.29, 0.717) is 17.0 Å². The Kier molecular flexibility index (Phi) is 6.12. The van der Waals surface area contributed by atoms with Crippen molar-refractivity contribution in [2.24, 2.45) is 4.99 Å². The Balaban J connectivity index is 1.31. The summed E-state index contributed by atoms with van der Waals surface area (Å²) in [5.74, 6) is 0.0981. The van der Waals surface area contributed by atoms with Crippen LogP contribution in [0.5, 0.6) is 5.75 Å². The minimum absolute atomic E-state index is 0.121. The lowest BCUT2D eigenvalue weighted by atomic mass is 9.97. The second-order valence-corrected chi connectivity index (χ2v) is 10.4. The molecule has 1 aliphatic heterocycles. The maximum Gasteiger partial charge on any atom is 0.416 e. The van der Waals surface area contributed by atoms with E-state index in [4.69, 9.17) is 4.74 Å². The van der Waals surface area contributed by atoms with Gasteiger partial charge in [-0.3, -0.25) is 0 Å². The smallest absolute Gasteiger partial charge is 0.416 e. The highest BCUT2D eigenvalue weighted by atomic mass is 19.4. The van der Waals surface area contributed by atoms with E-state index in [1.807, 2.05) is 30.3 Å². The topological polar surface area (TPSA) is 24.8 Å². The highest BCUT2D eigenvalue weighted by Crippen LogP contribution is 2.42. The molecule has 3 nitrogen and oxygen atoms in total. The number of anilines is 1. The summed E-state index contributed by atoms with van der Waals surface area (Å²) in [7, 11) is 1.41. The Morgan fingerprint density at radius 1 is 0.714 bits per heavy atom. The predicted octanol–water partition coefficient (Wildman–Crippen LogP) is 9.19. The maximum atomic E-state index is 14.9. The largest absolute Gasteiger partial charge is 0.495 e. The van der Waals surface area contributed by atoms with Crippen LogP contribution in [0.4, 0.5) is 28.9 Å². The van der Waals surface area contributed by atoms with Crippen molar-refractivity contribution in [3.8, 4) is 28.0 Å². The number of nitrogens with zero attached hydrogens (tertiary/aromatic N) is 2. The van der Waals surface area contributed by atoms with Crippen LogP contribution in [0.1, 0.15) is 27.8 Å². The van der Waals surface area contributed by atoms with Gasteiger partial charge in [0.05, 0.1) is 24.9 Å². The molecular weight excluding hydrogens is 540 g/mol. The summed E-state index contributed by atoms with van der Waals surface area (Å²) in [6.45, 7) is 0.121. The van der Waals surface area contributed by atoms with E-state index in [1.54, 1.807) is 17.0 Å². The lowest BCUT2D eigenvalue weighted by Crippen LogP contribution is -2.34. The number of hydrogen-bond donors (Lipinski definition) is 0. The van der Waals surface area contributed by atoms with Crippen LogP contribution in [0, 0.1) is 5.82 Å². The van der Waals surface area contributed by atoms with Crippen LogP contribution >= 0.6 is 0 Å². The molecule has 0 unspecified atom stereocenters. The Labute approximate surface area is 240 Å². The van der Waals surface area contributed by atoms with E-state index in [2.05, 4.69) is 41.4 Å². The van der Waals surface area contributed by atoms with Crippen molar-refractivity contribution < 1.29 is 22.3 Å². The first-order valence-electron chi connectivity index (χ1n) is 13.5. The van der Waals surface area contributed by atoms with Gasteiger partial charge in [0.1, 0.15) is 23.1 Å². The molecule has 5 aromatic rings. The average Bonchev–Trinajstić information content (AvgIpc) is 3.38. The Morgan fingerprint density at radius 2 is 1.43 bits per heavy atom. The zero-order valence-corrected chi connectivity index (χ0v) is 22.5. The molecule has 0 amide bonds. The number of alkyl halides is 3. The summed E-state index contributed by atoms with van der Waals surface area (Å²) in [6, 6.07) is 30.5. The van der Waals surface area contributed by atoms with Gasteiger partial charge in [0.15, 0.2) is 0 Å². The van der Waals surface area contributed by atoms with Gasteiger partial charge in [-0.2, -0.15) is 13.2 Å². The number of para-hydroxylation sites is 1. The van der Waals surface area contributed by atoms with E-state index >= 15 is 0 Å². The molecule has 0 saturated heterocycles. The van der Waals surface area contributed by atoms with Gasteiger partial charge in [-0.05, 0) is 70.1 Å². The third-order valence-corrected chi connectivity index (χ3v) is 7.94. The number of halogens is 4. The highest BCUT2D eigenvalue weighted by molar-refractivity contribution is 6.13. The average molecular weight is 565 g/mol. The van der Waals surface area contributed by atoms with Gasteiger partial charge in [0, 0.05) is 11.1 Å². The summed E-state index contributed by atoms with van der Waals surface area (Å²) in [5.41, 5.74) is 7.87. The maximum absolute atomic E-state index is 14.9. The minimum Gasteiger partial charge on any atom is -0.495 e. The van der Waals surface area contributed by atoms with Gasteiger partial charge >= 0.3 is 6.18 Å². The number of methoxy groups -OCH3 is 1. The van der Waals surface area contributed by atoms with Gasteiger partial charge in [-0.1, -0.05) is 72.8 Å². The molecule has 0 aromatic heterocycles. The van der Waals surface area contributed by atoms with Gasteiger partial charge in [-0.25, -0.2) is 9.38 Å². The Hall–Kier alpha value is -4.91. The van der Waals surface area contributed by atoms with E-state index in [-0.39, 0.29) is 23.7 Å². The van der Waals surface area contributed by atoms with Crippen molar-refractivity contribution in [3.05, 3.63) is 137 Å². The molecule has 0 N–H and O–H groups in total. The highest BCUT2D eigenvalue weighted by Gasteiger charge is 2.34. The first-order chi connectivity index (χ1) is 20.3. The molecule has 7 rings (SSSR count). The number of ether oxygens (including phenoxy) is 1. The second-order valence-electron chi connectivity index (χ2n) is 10.4. The first kappa shape index (κ1) is 26.0. The first-order valence-corrected chi connectivity index (χ1v) is 13.5. The quantitative estimate of drug-likeness (QED) is 0.200. The van der Waals surface area contributed by atoms with Crippen molar-refractivity contribution in [3.63, 3.8) is 0 Å². The molecule has 0 atom stereocenters. The van der Waals surface area contributed by atoms with E-state index in [1.165, 1.54) is 41.5 Å². The van der Waals surface area contributed by atoms with Gasteiger partial charge < -0.3 is 9.64 Å². The number of benzene rings is 5. The third-order valence-electron chi connectivity index (χ3n) is 7.94. The Bertz CT molecular complexity index is 1880. The van der Waals surface area contributed by atoms with Crippen LogP contribution in [0.15, 0.2) is 108 Å². The molecule has 0 saturated carbocycles. The van der Waals surface area contributed by atoms with Crippen molar-refractivity contribution in [1.29, 1.82) is 0 Å². The summed E-state index contributed by atoms with van der Waals surface area (Å²) < 4.78 is 61.5. The van der Waals surface area contributed by atoms with Crippen LogP contribution in [-0.2, 0) is 19.1 Å². The standard InChI is InChI=1S/C35H24F4N2O/c1-42-32-16-15-27(35(37,38)39)19-31(32)41-20-26-6-4-8-30(36)33(26)40-34(41)22-11-9-21(10-12-22)23-13-14-25-17-24-5-2-3-7-28(24)29(25)18-23/h2-16,18-19H,17,20H2,1H3. The van der Waals surface area contributed by atoms with Crippen LogP contribution in [0.3, 0.4) is 0 Å². The molecule has 0 spiro atoms. The van der Waals surface area contributed by atoms with E-state index in [0.717, 1.165) is 29.7 Å². The molecule has 208 valence electrons. The van der Waals surface area contributed by atoms with Crippen LogP contribution in [-0.4, -0.2) is 12.9 Å². The molecule has 7 heteroatoms. The molecule has 1 aliphatic carbocycles. The lowest BCUT2D eigenvalue weighted by Gasteiger charge is -2.32. The van der Waals surface area contributed by atoms with Crippen molar-refractivity contribution in [2.45, 2.75) is 19.1 Å². The van der Waals surface area contributed by atoms with Gasteiger partial charge in [0.2, 0.25) is 0 Å². The monoisotopic (exact) mass is 564 g/mol. The predicted molar refractivity (Wildman–Crippen MR) is 157 cm³/mol. The lowest BCUT2D eigenvalue weighted by molar-refractivity contribution is -0.137. The Morgan fingerprint density at radius 3 is 2.21 bits per heavy atom. The normalized spacial score (nSPS) is 13.7. The summed E-state index contributed by atoms with van der Waals surface area (Å²) in [5, 5.41) is 0. The summed E-state index contributed by atoms with van der Waals surface area (Å²) >= 11 is 0. The van der Waals surface area contributed by atoms with Crippen LogP contribution in [0.25, 0.3) is 22.3 Å². The fourth-order valence-electron chi connectivity index (χ4n) is 5.84. The summed E-state index contributed by atoms with van der Waals surface area (Å²) in [6.07, 6.45) is -3.63. The SMILES string of the molecule is COc1ccc(C(F)(F)F)cc1N1Cc2cccc(F)c2N=C1c1ccc(-c2ccc3c(c2)-c2ccccc2C3)cc1. The molecule has 0 fully saturated rings. The third kappa shape index (κ3) is 4.42. The summed E-state index contributed by atoms with van der Waals surface area (Å²) in [4.78, 5) is 6.30. The number of fused-ring (bicyclic) bond motifs is 4. The molecule has 0 bridgehead atoms. The number of amidine groups is 1. The fraction of sp³-hybridized carbons (Fsp3) is 0.114. The second kappa shape index (κ2) is 9.87. The minimum atomic E-state index is -4.55. The molecule has 42 heavy (non-hydrogen) atoms. The van der Waals surface area contributed by atoms with Crippen LogP contribution < -0.4 is 9.64 Å². The van der Waals surface area contributed by atoms with E-state index in [9.17, 15) is 17.6 Å². The van der Waals surface area contributed by atoms with Crippen molar-refractivity contribution in [2.75, 3.05) is 12.0 Å². The van der Waals surface area contributed by atoms with Crippen molar-refractivity contribution in [1.82, 2.24) is 0 Å². The number of rotatable bonds is 4. The number of aliphatic imine (C=N–C) groups is 1. The molecule has 2 aliphatic rings. The van der Waals surface area contributed by atoms with Gasteiger partial charge in [0.25, 0.3) is 0 Å². The van der Waals surface area contributed by atoms with Gasteiger partial charge in [-0.15, -0.1) is 0 Å². The zero-order valence-electron chi connectivity index (χ0n) is 22.5. The molecule has 1 heterocycles. The molecular formula is C35H24F4N2O. The zero-order chi connectivity index (χ0) is 29.0. The van der Waals surface area contributed by atoms with Crippen LogP contribution in [0.2, 0.25) is 0 Å². The fourth-order valence-corrected chi connectivity index (χ4v) is 5.84. The van der Waals surface area contributed by atoms with E-state index < -0.39 is 17.6 Å². The molecule has 5 aromatic carbocycles. The van der Waals surface area contributed by atoms with Crippen molar-refractivity contribution >= 4 is 17.2 Å².